The van der Waals surface area contributed by atoms with Gasteiger partial charge < -0.3 is 14.8 Å². The summed E-state index contributed by atoms with van der Waals surface area (Å²) in [6, 6.07) is 8.07. The van der Waals surface area contributed by atoms with Crippen LogP contribution < -0.4 is 10.1 Å². The molecule has 40 heavy (non-hydrogen) atoms. The zero-order valence-electron chi connectivity index (χ0n) is 23.7. The summed E-state index contributed by atoms with van der Waals surface area (Å²) < 4.78 is 13.1. The molecule has 0 fully saturated rings. The first-order valence-corrected chi connectivity index (χ1v) is 15.6. The molecule has 0 saturated carbocycles. The van der Waals surface area contributed by atoms with Crippen molar-refractivity contribution in [1.29, 1.82) is 0 Å². The molecule has 10 heteroatoms. The van der Waals surface area contributed by atoms with Gasteiger partial charge in [-0.1, -0.05) is 56.7 Å². The number of fused-ring (bicyclic) bond motifs is 1. The summed E-state index contributed by atoms with van der Waals surface area (Å²) in [7, 11) is 1.38. The van der Waals surface area contributed by atoms with E-state index in [1.54, 1.807) is 6.08 Å². The molecule has 1 aliphatic carbocycles. The zero-order chi connectivity index (χ0) is 28.6. The second-order valence-corrected chi connectivity index (χ2v) is 12.2. The lowest BCUT2D eigenvalue weighted by Gasteiger charge is -2.16. The van der Waals surface area contributed by atoms with E-state index in [-0.39, 0.29) is 17.8 Å². The molecule has 0 saturated heterocycles. The molecule has 1 unspecified atom stereocenters. The molecule has 1 amide bonds. The van der Waals surface area contributed by atoms with Crippen LogP contribution in [0.5, 0.6) is 5.75 Å². The van der Waals surface area contributed by atoms with Gasteiger partial charge in [-0.3, -0.25) is 9.36 Å². The first-order valence-electron chi connectivity index (χ1n) is 13.8. The highest BCUT2D eigenvalue weighted by atomic mass is 32.2. The fourth-order valence-electron chi connectivity index (χ4n) is 4.81. The lowest BCUT2D eigenvalue weighted by molar-refractivity contribution is -0.113. The summed E-state index contributed by atoms with van der Waals surface area (Å²) in [5.41, 5.74) is 2.79. The Kier molecular flexibility index (Phi) is 10.4. The SMILES string of the molecule is C=CCn1c(SCC(=O)Nc2sc3c(c2C(=O)OC)CCCCCC3)nnc1C(C)Oc1ccc(C(C)C)cc1. The van der Waals surface area contributed by atoms with Gasteiger partial charge >= 0.3 is 5.97 Å². The molecule has 3 aromatic rings. The van der Waals surface area contributed by atoms with E-state index in [1.807, 2.05) is 23.6 Å². The molecule has 214 valence electrons. The molecule has 0 spiro atoms. The van der Waals surface area contributed by atoms with Crippen LogP contribution in [0.2, 0.25) is 0 Å². The number of methoxy groups -OCH3 is 1. The summed E-state index contributed by atoms with van der Waals surface area (Å²) in [4.78, 5) is 26.9. The number of carbonyl (C=O) groups excluding carboxylic acids is 2. The zero-order valence-corrected chi connectivity index (χ0v) is 25.3. The number of allylic oxidation sites excluding steroid dienone is 1. The topological polar surface area (TPSA) is 95.3 Å². The average molecular weight is 583 g/mol. The predicted molar refractivity (Wildman–Crippen MR) is 161 cm³/mol. The largest absolute Gasteiger partial charge is 0.483 e. The van der Waals surface area contributed by atoms with Crippen LogP contribution in [0.1, 0.15) is 90.7 Å². The van der Waals surface area contributed by atoms with E-state index in [0.717, 1.165) is 43.4 Å². The molecule has 0 bridgehead atoms. The minimum absolute atomic E-state index is 0.115. The van der Waals surface area contributed by atoms with Crippen LogP contribution in [0.25, 0.3) is 0 Å². The molecule has 2 heterocycles. The molecule has 4 rings (SSSR count). The van der Waals surface area contributed by atoms with Crippen molar-refractivity contribution in [3.05, 3.63) is 64.3 Å². The van der Waals surface area contributed by atoms with E-state index in [9.17, 15) is 9.59 Å². The van der Waals surface area contributed by atoms with Crippen molar-refractivity contribution in [3.63, 3.8) is 0 Å². The maximum Gasteiger partial charge on any atom is 0.341 e. The van der Waals surface area contributed by atoms with Crippen LogP contribution in [0, 0.1) is 0 Å². The number of carbonyl (C=O) groups is 2. The number of aromatic nitrogens is 3. The van der Waals surface area contributed by atoms with Gasteiger partial charge in [0.1, 0.15) is 10.8 Å². The van der Waals surface area contributed by atoms with Gasteiger partial charge in [0, 0.05) is 11.4 Å². The van der Waals surface area contributed by atoms with Gasteiger partial charge in [0.25, 0.3) is 0 Å². The summed E-state index contributed by atoms with van der Waals surface area (Å²) in [6.45, 7) is 10.6. The Morgan fingerprint density at radius 2 is 1.85 bits per heavy atom. The van der Waals surface area contributed by atoms with Gasteiger partial charge in [-0.15, -0.1) is 28.1 Å². The van der Waals surface area contributed by atoms with Crippen LogP contribution in [-0.4, -0.2) is 39.5 Å². The molecule has 1 N–H and O–H groups in total. The molecule has 1 aromatic carbocycles. The van der Waals surface area contributed by atoms with E-state index in [2.05, 4.69) is 48.1 Å². The van der Waals surface area contributed by atoms with Crippen molar-refractivity contribution in [2.24, 2.45) is 0 Å². The van der Waals surface area contributed by atoms with Crippen molar-refractivity contribution in [2.45, 2.75) is 83.0 Å². The number of hydrogen-bond donors (Lipinski definition) is 1. The lowest BCUT2D eigenvalue weighted by Crippen LogP contribution is -2.17. The number of ether oxygens (including phenoxy) is 2. The number of nitrogens with zero attached hydrogens (tertiary/aromatic N) is 3. The highest BCUT2D eigenvalue weighted by molar-refractivity contribution is 7.99. The monoisotopic (exact) mass is 582 g/mol. The van der Waals surface area contributed by atoms with E-state index < -0.39 is 5.97 Å². The predicted octanol–water partition coefficient (Wildman–Crippen LogP) is 6.97. The molecule has 0 radical (unpaired) electrons. The first-order chi connectivity index (χ1) is 19.3. The fraction of sp³-hybridized carbons (Fsp3) is 0.467. The average Bonchev–Trinajstić information content (AvgIpc) is 3.47. The number of thiophene rings is 1. The number of amides is 1. The van der Waals surface area contributed by atoms with E-state index in [0.29, 0.717) is 34.0 Å². The van der Waals surface area contributed by atoms with Crippen LogP contribution in [0.3, 0.4) is 0 Å². The number of nitrogens with one attached hydrogen (secondary N) is 1. The molecule has 2 aromatic heterocycles. The van der Waals surface area contributed by atoms with E-state index in [4.69, 9.17) is 9.47 Å². The molecule has 1 aliphatic rings. The molecular formula is C30H38N4O4S2. The van der Waals surface area contributed by atoms with Gasteiger partial charge in [-0.25, -0.2) is 4.79 Å². The highest BCUT2D eigenvalue weighted by Gasteiger charge is 2.26. The molecule has 8 nitrogen and oxygen atoms in total. The van der Waals surface area contributed by atoms with Gasteiger partial charge in [0.05, 0.1) is 18.4 Å². The third kappa shape index (κ3) is 7.14. The van der Waals surface area contributed by atoms with Crippen LogP contribution in [0.4, 0.5) is 5.00 Å². The smallest absolute Gasteiger partial charge is 0.341 e. The number of esters is 1. The summed E-state index contributed by atoms with van der Waals surface area (Å²) in [5.74, 6) is 1.36. The fourth-order valence-corrected chi connectivity index (χ4v) is 6.86. The normalized spacial score (nSPS) is 14.1. The highest BCUT2D eigenvalue weighted by Crippen LogP contribution is 2.38. The van der Waals surface area contributed by atoms with E-state index >= 15 is 0 Å². The Balaban J connectivity index is 1.45. The maximum absolute atomic E-state index is 13.0. The van der Waals surface area contributed by atoms with Crippen molar-refractivity contribution in [1.82, 2.24) is 14.8 Å². The summed E-state index contributed by atoms with van der Waals surface area (Å²) in [5, 5.41) is 12.9. The minimum atomic E-state index is -0.399. The standard InChI is InChI=1S/C30H38N4O4S2/c1-6-17-34-27(20(4)38-22-15-13-21(14-16-22)19(2)3)32-33-30(34)39-18-25(35)31-28-26(29(36)37-5)23-11-9-7-8-10-12-24(23)40-28/h6,13-16,19-20H,1,7-12,17-18H2,2-5H3,(H,31,35). The first kappa shape index (κ1) is 29.9. The van der Waals surface area contributed by atoms with Crippen LogP contribution >= 0.6 is 23.1 Å². The number of benzene rings is 1. The molecular weight excluding hydrogens is 544 g/mol. The lowest BCUT2D eigenvalue weighted by atomic mass is 9.96. The Labute approximate surface area is 244 Å². The Hall–Kier alpha value is -3.11. The summed E-state index contributed by atoms with van der Waals surface area (Å²) in [6.07, 6.45) is 7.62. The Bertz CT molecular complexity index is 1330. The van der Waals surface area contributed by atoms with Crippen molar-refractivity contribution >= 4 is 40.0 Å². The second kappa shape index (κ2) is 14.0. The number of aryl methyl sites for hydroxylation is 1. The van der Waals surface area contributed by atoms with Crippen molar-refractivity contribution in [3.8, 4) is 5.75 Å². The minimum Gasteiger partial charge on any atom is -0.483 e. The third-order valence-electron chi connectivity index (χ3n) is 6.93. The van der Waals surface area contributed by atoms with Crippen molar-refractivity contribution < 1.29 is 19.1 Å². The third-order valence-corrected chi connectivity index (χ3v) is 9.10. The van der Waals surface area contributed by atoms with E-state index in [1.165, 1.54) is 47.1 Å². The van der Waals surface area contributed by atoms with Gasteiger partial charge in [0.2, 0.25) is 5.91 Å². The van der Waals surface area contributed by atoms with Crippen molar-refractivity contribution in [2.75, 3.05) is 18.2 Å². The van der Waals surface area contributed by atoms with Crippen LogP contribution in [0.15, 0.2) is 42.1 Å². The summed E-state index contributed by atoms with van der Waals surface area (Å²) >= 11 is 2.78. The molecule has 1 atom stereocenters. The second-order valence-electron chi connectivity index (χ2n) is 10.2. The number of rotatable bonds is 11. The number of hydrogen-bond acceptors (Lipinski definition) is 8. The Morgan fingerprint density at radius 3 is 2.52 bits per heavy atom. The quantitative estimate of drug-likeness (QED) is 0.148. The Morgan fingerprint density at radius 1 is 1.12 bits per heavy atom. The van der Waals surface area contributed by atoms with Gasteiger partial charge in [-0.2, -0.15) is 0 Å². The number of anilines is 1. The van der Waals surface area contributed by atoms with Crippen LogP contribution in [-0.2, 0) is 28.9 Å². The van der Waals surface area contributed by atoms with Gasteiger partial charge in [0.15, 0.2) is 17.1 Å². The molecule has 0 aliphatic heterocycles. The maximum atomic E-state index is 13.0. The van der Waals surface area contributed by atoms with Gasteiger partial charge in [-0.05, 0) is 61.8 Å². The number of thioether (sulfide) groups is 1.